The smallest absolute Gasteiger partial charge is 0.387 e. The molecular weight excluding hydrogens is 292 g/mol. The van der Waals surface area contributed by atoms with E-state index in [1.165, 1.54) is 12.3 Å². The second-order valence-corrected chi connectivity index (χ2v) is 4.46. The van der Waals surface area contributed by atoms with E-state index in [1.54, 1.807) is 19.9 Å². The van der Waals surface area contributed by atoms with Crippen molar-refractivity contribution in [3.63, 3.8) is 0 Å². The van der Waals surface area contributed by atoms with Gasteiger partial charge in [-0.3, -0.25) is 4.98 Å². The maximum atomic E-state index is 12.0. The van der Waals surface area contributed by atoms with Gasteiger partial charge in [-0.05, 0) is 31.5 Å². The predicted octanol–water partition coefficient (Wildman–Crippen LogP) is 2.57. The van der Waals surface area contributed by atoms with Crippen molar-refractivity contribution in [3.05, 3.63) is 40.8 Å². The molecular formula is C14H13F2N5O. The van der Waals surface area contributed by atoms with Crippen molar-refractivity contribution in [1.29, 1.82) is 5.26 Å². The van der Waals surface area contributed by atoms with Crippen LogP contribution in [-0.4, -0.2) is 21.8 Å². The molecule has 22 heavy (non-hydrogen) atoms. The number of halogens is 2. The zero-order valence-electron chi connectivity index (χ0n) is 12.0. The Kier molecular flexibility index (Phi) is 4.78. The van der Waals surface area contributed by atoms with Crippen LogP contribution >= 0.6 is 0 Å². The lowest BCUT2D eigenvalue weighted by molar-refractivity contribution is -0.0500. The van der Waals surface area contributed by atoms with Gasteiger partial charge in [-0.15, -0.1) is 5.10 Å². The largest absolute Gasteiger partial charge is 0.433 e. The first-order chi connectivity index (χ1) is 10.5. The molecule has 0 aliphatic carbocycles. The van der Waals surface area contributed by atoms with Gasteiger partial charge < -0.3 is 10.1 Å². The van der Waals surface area contributed by atoms with Gasteiger partial charge in [0.25, 0.3) is 0 Å². The minimum absolute atomic E-state index is 0.0116. The molecule has 0 aliphatic rings. The Bertz CT molecular complexity index is 698. The molecule has 2 aromatic rings. The quantitative estimate of drug-likeness (QED) is 0.914. The van der Waals surface area contributed by atoms with Crippen molar-refractivity contribution >= 4 is 5.82 Å². The summed E-state index contributed by atoms with van der Waals surface area (Å²) in [5, 5.41) is 20.0. The summed E-state index contributed by atoms with van der Waals surface area (Å²) >= 11 is 0. The highest BCUT2D eigenvalue weighted by molar-refractivity contribution is 5.55. The van der Waals surface area contributed by atoms with E-state index in [1.807, 2.05) is 0 Å². The number of alkyl halides is 2. The van der Waals surface area contributed by atoms with Gasteiger partial charge in [0.2, 0.25) is 0 Å². The Morgan fingerprint density at radius 2 is 2.09 bits per heavy atom. The molecule has 0 saturated carbocycles. The van der Waals surface area contributed by atoms with E-state index in [9.17, 15) is 14.0 Å². The molecule has 8 heteroatoms. The topological polar surface area (TPSA) is 83.7 Å². The summed E-state index contributed by atoms with van der Waals surface area (Å²) in [5.41, 5.74) is 2.46. The Morgan fingerprint density at radius 1 is 1.32 bits per heavy atom. The lowest BCUT2D eigenvalue weighted by Crippen LogP contribution is -2.08. The fourth-order valence-electron chi connectivity index (χ4n) is 1.73. The molecule has 2 heterocycles. The highest BCUT2D eigenvalue weighted by Gasteiger charge is 2.11. The molecule has 2 rings (SSSR count). The Balaban J connectivity index is 2.08. The van der Waals surface area contributed by atoms with Crippen molar-refractivity contribution < 1.29 is 13.5 Å². The van der Waals surface area contributed by atoms with E-state index in [-0.39, 0.29) is 12.3 Å². The molecule has 0 spiro atoms. The molecule has 0 unspecified atom stereocenters. The Morgan fingerprint density at radius 3 is 2.68 bits per heavy atom. The summed E-state index contributed by atoms with van der Waals surface area (Å²) in [6.45, 7) is 0.967. The van der Waals surface area contributed by atoms with Gasteiger partial charge in [0.1, 0.15) is 17.4 Å². The summed E-state index contributed by atoms with van der Waals surface area (Å²) < 4.78 is 28.3. The van der Waals surface area contributed by atoms with E-state index < -0.39 is 6.61 Å². The maximum absolute atomic E-state index is 12.0. The predicted molar refractivity (Wildman–Crippen MR) is 74.4 cm³/mol. The zero-order valence-corrected chi connectivity index (χ0v) is 12.0. The highest BCUT2D eigenvalue weighted by Crippen LogP contribution is 2.18. The summed E-state index contributed by atoms with van der Waals surface area (Å²) in [4.78, 5) is 3.99. The van der Waals surface area contributed by atoms with Gasteiger partial charge in [-0.1, -0.05) is 0 Å². The summed E-state index contributed by atoms with van der Waals surface area (Å²) in [6, 6.07) is 5.03. The number of rotatable bonds is 5. The van der Waals surface area contributed by atoms with Gasteiger partial charge >= 0.3 is 6.61 Å². The molecule has 0 atom stereocenters. The number of hydrogen-bond donors (Lipinski definition) is 1. The standard InChI is InChI=1S/C14H13F2N5O/c1-8-9(2)20-21-13(12(8)5-17)19-6-10-3-4-11(7-18-10)22-14(15)16/h3-4,7,14H,6H2,1-2H3,(H,19,21). The third-order valence-corrected chi connectivity index (χ3v) is 3.03. The van der Waals surface area contributed by atoms with E-state index in [0.29, 0.717) is 22.8 Å². The molecule has 0 aliphatic heterocycles. The normalized spacial score (nSPS) is 10.4. The van der Waals surface area contributed by atoms with Crippen molar-refractivity contribution in [2.45, 2.75) is 27.0 Å². The second-order valence-electron chi connectivity index (χ2n) is 4.46. The van der Waals surface area contributed by atoms with Crippen LogP contribution in [0.4, 0.5) is 14.6 Å². The van der Waals surface area contributed by atoms with Crippen LogP contribution in [0.2, 0.25) is 0 Å². The molecule has 1 N–H and O–H groups in total. The monoisotopic (exact) mass is 305 g/mol. The first-order valence-corrected chi connectivity index (χ1v) is 6.39. The first-order valence-electron chi connectivity index (χ1n) is 6.39. The van der Waals surface area contributed by atoms with Crippen molar-refractivity contribution in [2.75, 3.05) is 5.32 Å². The molecule has 0 amide bonds. The van der Waals surface area contributed by atoms with Crippen molar-refractivity contribution in [3.8, 4) is 11.8 Å². The maximum Gasteiger partial charge on any atom is 0.387 e. The average Bonchev–Trinajstić information content (AvgIpc) is 2.49. The molecule has 6 nitrogen and oxygen atoms in total. The van der Waals surface area contributed by atoms with E-state index in [2.05, 4.69) is 31.3 Å². The van der Waals surface area contributed by atoms with Gasteiger partial charge in [-0.25, -0.2) is 0 Å². The number of pyridine rings is 1. The summed E-state index contributed by atoms with van der Waals surface area (Å²) in [5.74, 6) is 0.350. The van der Waals surface area contributed by atoms with Gasteiger partial charge in [-0.2, -0.15) is 19.1 Å². The fourth-order valence-corrected chi connectivity index (χ4v) is 1.73. The highest BCUT2D eigenvalue weighted by atomic mass is 19.3. The molecule has 0 radical (unpaired) electrons. The van der Waals surface area contributed by atoms with E-state index in [4.69, 9.17) is 0 Å². The molecule has 0 saturated heterocycles. The molecule has 0 aromatic carbocycles. The van der Waals surface area contributed by atoms with Crippen LogP contribution in [0.3, 0.4) is 0 Å². The van der Waals surface area contributed by atoms with Crippen molar-refractivity contribution in [1.82, 2.24) is 15.2 Å². The summed E-state index contributed by atoms with van der Waals surface area (Å²) in [7, 11) is 0. The lowest BCUT2D eigenvalue weighted by atomic mass is 10.1. The average molecular weight is 305 g/mol. The van der Waals surface area contributed by atoms with E-state index in [0.717, 1.165) is 5.56 Å². The Labute approximate surface area is 125 Å². The molecule has 0 bridgehead atoms. The Hall–Kier alpha value is -2.82. The summed E-state index contributed by atoms with van der Waals surface area (Å²) in [6.07, 6.45) is 1.21. The minimum atomic E-state index is -2.88. The van der Waals surface area contributed by atoms with Gasteiger partial charge in [0.15, 0.2) is 5.82 Å². The van der Waals surface area contributed by atoms with Crippen LogP contribution in [0, 0.1) is 25.2 Å². The first kappa shape index (κ1) is 15.6. The SMILES string of the molecule is Cc1nnc(NCc2ccc(OC(F)F)cn2)c(C#N)c1C. The number of nitriles is 1. The van der Waals surface area contributed by atoms with E-state index >= 15 is 0 Å². The minimum Gasteiger partial charge on any atom is -0.433 e. The van der Waals surface area contributed by atoms with Crippen LogP contribution in [-0.2, 0) is 6.54 Å². The zero-order chi connectivity index (χ0) is 16.1. The van der Waals surface area contributed by atoms with Crippen LogP contribution in [0.1, 0.15) is 22.5 Å². The lowest BCUT2D eigenvalue weighted by Gasteiger charge is -2.09. The number of hydrogen-bond acceptors (Lipinski definition) is 6. The van der Waals surface area contributed by atoms with Gasteiger partial charge in [0, 0.05) is 0 Å². The second kappa shape index (κ2) is 6.76. The van der Waals surface area contributed by atoms with Gasteiger partial charge in [0.05, 0.1) is 24.1 Å². The van der Waals surface area contributed by atoms with Crippen molar-refractivity contribution in [2.24, 2.45) is 0 Å². The number of ether oxygens (including phenoxy) is 1. The molecule has 2 aromatic heterocycles. The number of aryl methyl sites for hydroxylation is 1. The van der Waals surface area contributed by atoms with Crippen LogP contribution in [0.5, 0.6) is 5.75 Å². The number of aromatic nitrogens is 3. The molecule has 0 fully saturated rings. The van der Waals surface area contributed by atoms with Crippen LogP contribution in [0.15, 0.2) is 18.3 Å². The number of anilines is 1. The van der Waals surface area contributed by atoms with Crippen LogP contribution in [0.25, 0.3) is 0 Å². The third kappa shape index (κ3) is 3.63. The number of nitrogens with one attached hydrogen (secondary N) is 1. The number of nitrogens with zero attached hydrogens (tertiary/aromatic N) is 4. The molecule has 114 valence electrons. The van der Waals surface area contributed by atoms with Crippen LogP contribution < -0.4 is 10.1 Å². The fraction of sp³-hybridized carbons (Fsp3) is 0.286. The third-order valence-electron chi connectivity index (χ3n) is 3.03.